The van der Waals surface area contributed by atoms with Gasteiger partial charge in [0.25, 0.3) is 0 Å². The smallest absolute Gasteiger partial charge is 0.387 e. The van der Waals surface area contributed by atoms with Crippen LogP contribution >= 0.6 is 23.3 Å². The number of ether oxygens (including phenoxy) is 1. The summed E-state index contributed by atoms with van der Waals surface area (Å²) < 4.78 is 33.4. The van der Waals surface area contributed by atoms with Crippen LogP contribution < -0.4 is 4.74 Å². The summed E-state index contributed by atoms with van der Waals surface area (Å²) in [6.07, 6.45) is 0. The van der Waals surface area contributed by atoms with Crippen molar-refractivity contribution in [2.45, 2.75) is 23.6 Å². The van der Waals surface area contributed by atoms with Gasteiger partial charge in [-0.1, -0.05) is 23.9 Å². The van der Waals surface area contributed by atoms with Gasteiger partial charge in [0, 0.05) is 5.75 Å². The number of alkyl halides is 2. The van der Waals surface area contributed by atoms with Crippen molar-refractivity contribution in [2.75, 3.05) is 0 Å². The van der Waals surface area contributed by atoms with Crippen molar-refractivity contribution in [3.8, 4) is 5.75 Å². The summed E-state index contributed by atoms with van der Waals surface area (Å²) in [5, 5.41) is 0. The Kier molecular flexibility index (Phi) is 4.48. The van der Waals surface area contributed by atoms with E-state index in [4.69, 9.17) is 0 Å². The summed E-state index contributed by atoms with van der Waals surface area (Å²) in [6, 6.07) is 6.67. The van der Waals surface area contributed by atoms with E-state index in [0.717, 1.165) is 15.7 Å². The van der Waals surface area contributed by atoms with Gasteiger partial charge in [-0.05, 0) is 36.2 Å². The summed E-state index contributed by atoms with van der Waals surface area (Å²) in [5.41, 5.74) is 0.908. The van der Waals surface area contributed by atoms with Crippen molar-refractivity contribution in [2.24, 2.45) is 0 Å². The Hall–Kier alpha value is -1.21. The lowest BCUT2D eigenvalue weighted by atomic mass is 10.2. The van der Waals surface area contributed by atoms with E-state index in [9.17, 15) is 8.78 Å². The minimum absolute atomic E-state index is 0.177. The Balaban J connectivity index is 1.96. The number of hydrogen-bond acceptors (Lipinski definition) is 5. The van der Waals surface area contributed by atoms with Crippen molar-refractivity contribution >= 4 is 23.3 Å². The maximum Gasteiger partial charge on any atom is 0.387 e. The molecule has 0 radical (unpaired) electrons. The molecule has 0 saturated heterocycles. The third kappa shape index (κ3) is 3.92. The summed E-state index contributed by atoms with van der Waals surface area (Å²) in [7, 11) is 0. The Morgan fingerprint density at radius 3 is 2.94 bits per heavy atom. The third-order valence-corrected chi connectivity index (χ3v) is 3.99. The predicted octanol–water partition coefficient (Wildman–Crippen LogP) is 3.74. The first-order valence-electron chi connectivity index (χ1n) is 5.10. The van der Waals surface area contributed by atoms with Crippen LogP contribution in [-0.2, 0) is 5.75 Å². The Morgan fingerprint density at radius 1 is 1.44 bits per heavy atom. The monoisotopic (exact) mass is 288 g/mol. The Morgan fingerprint density at radius 2 is 2.28 bits per heavy atom. The van der Waals surface area contributed by atoms with E-state index in [1.807, 2.05) is 13.0 Å². The second-order valence-corrected chi connectivity index (χ2v) is 5.40. The zero-order valence-corrected chi connectivity index (χ0v) is 11.1. The first-order valence-corrected chi connectivity index (χ1v) is 6.86. The lowest BCUT2D eigenvalue weighted by molar-refractivity contribution is -0.0498. The Bertz CT molecular complexity index is 519. The second kappa shape index (κ2) is 6.10. The van der Waals surface area contributed by atoms with E-state index in [2.05, 4.69) is 14.1 Å². The van der Waals surface area contributed by atoms with Crippen molar-refractivity contribution in [3.63, 3.8) is 0 Å². The molecule has 0 spiro atoms. The lowest BCUT2D eigenvalue weighted by Crippen LogP contribution is -2.01. The molecule has 0 atom stereocenters. The van der Waals surface area contributed by atoms with Gasteiger partial charge in [0.2, 0.25) is 0 Å². The first kappa shape index (κ1) is 13.2. The SMILES string of the molecule is Cc1nsc(SCc2cccc(OC(F)F)c2)n1. The van der Waals surface area contributed by atoms with E-state index in [1.54, 1.807) is 12.1 Å². The van der Waals surface area contributed by atoms with Crippen LogP contribution in [-0.4, -0.2) is 16.0 Å². The van der Waals surface area contributed by atoms with Gasteiger partial charge in [0.05, 0.1) is 0 Å². The van der Waals surface area contributed by atoms with E-state index in [1.165, 1.54) is 29.4 Å². The average molecular weight is 288 g/mol. The maximum absolute atomic E-state index is 12.1. The van der Waals surface area contributed by atoms with Crippen molar-refractivity contribution in [1.82, 2.24) is 9.36 Å². The lowest BCUT2D eigenvalue weighted by Gasteiger charge is -2.05. The molecule has 0 unspecified atom stereocenters. The van der Waals surface area contributed by atoms with E-state index >= 15 is 0 Å². The molecule has 0 aliphatic carbocycles. The molecule has 7 heteroatoms. The van der Waals surface area contributed by atoms with Gasteiger partial charge in [-0.15, -0.1) is 0 Å². The highest BCUT2D eigenvalue weighted by molar-refractivity contribution is 8.00. The van der Waals surface area contributed by atoms with Crippen molar-refractivity contribution < 1.29 is 13.5 Å². The Labute approximate surface area is 111 Å². The fourth-order valence-electron chi connectivity index (χ4n) is 1.29. The van der Waals surface area contributed by atoms with Crippen LogP contribution in [0.1, 0.15) is 11.4 Å². The highest BCUT2D eigenvalue weighted by atomic mass is 32.2. The molecule has 18 heavy (non-hydrogen) atoms. The summed E-state index contributed by atoms with van der Waals surface area (Å²) >= 11 is 2.86. The number of halogens is 2. The van der Waals surface area contributed by atoms with Gasteiger partial charge in [0.1, 0.15) is 11.6 Å². The number of aryl methyl sites for hydroxylation is 1. The van der Waals surface area contributed by atoms with Crippen LogP contribution in [0.25, 0.3) is 0 Å². The fraction of sp³-hybridized carbons (Fsp3) is 0.273. The molecule has 0 aliphatic heterocycles. The van der Waals surface area contributed by atoms with E-state index in [0.29, 0.717) is 5.75 Å². The second-order valence-electron chi connectivity index (χ2n) is 3.42. The van der Waals surface area contributed by atoms with Gasteiger partial charge < -0.3 is 4.74 Å². The first-order chi connectivity index (χ1) is 8.63. The summed E-state index contributed by atoms with van der Waals surface area (Å²) in [6.45, 7) is -0.962. The fourth-order valence-corrected chi connectivity index (χ4v) is 2.88. The largest absolute Gasteiger partial charge is 0.435 e. The molecule has 2 aromatic rings. The van der Waals surface area contributed by atoms with Crippen LogP contribution in [0, 0.1) is 6.92 Å². The molecule has 0 aliphatic rings. The van der Waals surface area contributed by atoms with Gasteiger partial charge >= 0.3 is 6.61 Å². The van der Waals surface area contributed by atoms with Crippen LogP contribution in [0.2, 0.25) is 0 Å². The minimum atomic E-state index is -2.79. The summed E-state index contributed by atoms with van der Waals surface area (Å²) in [4.78, 5) is 4.22. The van der Waals surface area contributed by atoms with Gasteiger partial charge in [0.15, 0.2) is 4.34 Å². The van der Waals surface area contributed by atoms with Crippen molar-refractivity contribution in [1.29, 1.82) is 0 Å². The molecule has 2 rings (SSSR count). The molecule has 1 heterocycles. The number of thioether (sulfide) groups is 1. The van der Waals surface area contributed by atoms with Crippen molar-refractivity contribution in [3.05, 3.63) is 35.7 Å². The number of aromatic nitrogens is 2. The number of hydrogen-bond donors (Lipinski definition) is 0. The van der Waals surface area contributed by atoms with Crippen LogP contribution in [0.5, 0.6) is 5.75 Å². The molecule has 0 bridgehead atoms. The molecule has 3 nitrogen and oxygen atoms in total. The molecule has 0 fully saturated rings. The van der Waals surface area contributed by atoms with Crippen LogP contribution in [0.15, 0.2) is 28.6 Å². The van der Waals surface area contributed by atoms with Crippen LogP contribution in [0.3, 0.4) is 0 Å². The minimum Gasteiger partial charge on any atom is -0.435 e. The molecule has 0 N–H and O–H groups in total. The number of benzene rings is 1. The predicted molar refractivity (Wildman–Crippen MR) is 67.3 cm³/mol. The topological polar surface area (TPSA) is 35.0 Å². The molecular formula is C11H10F2N2OS2. The molecular weight excluding hydrogens is 278 g/mol. The third-order valence-electron chi connectivity index (χ3n) is 1.99. The molecule has 96 valence electrons. The normalized spacial score (nSPS) is 10.9. The number of nitrogens with zero attached hydrogens (tertiary/aromatic N) is 2. The van der Waals surface area contributed by atoms with Crippen LogP contribution in [0.4, 0.5) is 8.78 Å². The molecule has 0 amide bonds. The number of rotatable bonds is 5. The highest BCUT2D eigenvalue weighted by Crippen LogP contribution is 2.26. The van der Waals surface area contributed by atoms with E-state index in [-0.39, 0.29) is 5.75 Å². The zero-order chi connectivity index (χ0) is 13.0. The maximum atomic E-state index is 12.1. The zero-order valence-electron chi connectivity index (χ0n) is 9.47. The molecule has 1 aromatic heterocycles. The van der Waals surface area contributed by atoms with Gasteiger partial charge in [-0.2, -0.15) is 13.2 Å². The van der Waals surface area contributed by atoms with E-state index < -0.39 is 6.61 Å². The molecule has 0 saturated carbocycles. The highest BCUT2D eigenvalue weighted by Gasteiger charge is 2.06. The quantitative estimate of drug-likeness (QED) is 0.785. The standard InChI is InChI=1S/C11H10F2N2OS2/c1-7-14-11(18-15-7)17-6-8-3-2-4-9(5-8)16-10(12)13/h2-5,10H,6H2,1H3. The summed E-state index contributed by atoms with van der Waals surface area (Å²) in [5.74, 6) is 1.57. The average Bonchev–Trinajstić information content (AvgIpc) is 2.72. The molecule has 1 aromatic carbocycles. The van der Waals surface area contributed by atoms with Gasteiger partial charge in [-0.3, -0.25) is 0 Å². The van der Waals surface area contributed by atoms with Gasteiger partial charge in [-0.25, -0.2) is 4.98 Å².